The molecule has 3 aliphatic rings. The number of halogens is 1. The van der Waals surface area contributed by atoms with E-state index >= 15 is 0 Å². The summed E-state index contributed by atoms with van der Waals surface area (Å²) in [6.45, 7) is 10.1. The van der Waals surface area contributed by atoms with E-state index in [4.69, 9.17) is 14.2 Å². The molecule has 3 rings (SSSR count). The number of methoxy groups -OCH3 is 1. The van der Waals surface area contributed by atoms with Gasteiger partial charge in [-0.2, -0.15) is 0 Å². The van der Waals surface area contributed by atoms with E-state index in [0.717, 1.165) is 0 Å². The number of hydrogen-bond acceptors (Lipinski definition) is 3. The van der Waals surface area contributed by atoms with Crippen LogP contribution in [0.3, 0.4) is 0 Å². The first kappa shape index (κ1) is 14.8. The monoisotopic (exact) mass is 342 g/mol. The second-order valence-electron chi connectivity index (χ2n) is 6.19. The third-order valence-electron chi connectivity index (χ3n) is 5.41. The maximum atomic E-state index is 6.31. The van der Waals surface area contributed by atoms with Gasteiger partial charge >= 0.3 is 0 Å². The fourth-order valence-corrected chi connectivity index (χ4v) is 5.63. The fraction of sp³-hybridized carbons (Fsp3) is 0.750. The topological polar surface area (TPSA) is 27.7 Å². The van der Waals surface area contributed by atoms with Crippen LogP contribution in [0.2, 0.25) is 0 Å². The van der Waals surface area contributed by atoms with Gasteiger partial charge in [0.2, 0.25) is 0 Å². The van der Waals surface area contributed by atoms with Gasteiger partial charge in [-0.1, -0.05) is 35.0 Å². The van der Waals surface area contributed by atoms with E-state index in [-0.39, 0.29) is 24.6 Å². The summed E-state index contributed by atoms with van der Waals surface area (Å²) in [4.78, 5) is 0.419. The lowest BCUT2D eigenvalue weighted by Crippen LogP contribution is -2.52. The molecule has 0 radical (unpaired) electrons. The van der Waals surface area contributed by atoms with Crippen molar-refractivity contribution in [2.45, 2.75) is 42.8 Å². The number of alkyl halides is 1. The van der Waals surface area contributed by atoms with Gasteiger partial charge in [-0.15, -0.1) is 13.2 Å². The van der Waals surface area contributed by atoms with Crippen molar-refractivity contribution < 1.29 is 14.2 Å². The second kappa shape index (κ2) is 5.56. The second-order valence-corrected chi connectivity index (χ2v) is 7.24. The molecule has 2 saturated carbocycles. The molecule has 2 bridgehead atoms. The maximum absolute atomic E-state index is 6.31. The maximum Gasteiger partial charge on any atom is 0.161 e. The van der Waals surface area contributed by atoms with Crippen LogP contribution in [0.15, 0.2) is 25.3 Å². The molecule has 2 aliphatic carbocycles. The summed E-state index contributed by atoms with van der Waals surface area (Å²) in [6, 6.07) is 0. The molecule has 3 nitrogen and oxygen atoms in total. The third kappa shape index (κ3) is 2.04. The molecular weight excluding hydrogens is 320 g/mol. The largest absolute Gasteiger partial charge is 0.366 e. The van der Waals surface area contributed by atoms with Gasteiger partial charge in [0.15, 0.2) is 6.29 Å². The van der Waals surface area contributed by atoms with Gasteiger partial charge < -0.3 is 14.2 Å². The summed E-state index contributed by atoms with van der Waals surface area (Å²) in [6.07, 6.45) is 4.46. The summed E-state index contributed by atoms with van der Waals surface area (Å²) < 4.78 is 18.1. The van der Waals surface area contributed by atoms with E-state index in [9.17, 15) is 0 Å². The summed E-state index contributed by atoms with van der Waals surface area (Å²) in [5.74, 6) is 2.12. The summed E-state index contributed by atoms with van der Waals surface area (Å²) in [5.41, 5.74) is 0. The Morgan fingerprint density at radius 2 is 1.80 bits per heavy atom. The molecule has 112 valence electrons. The van der Waals surface area contributed by atoms with E-state index in [1.165, 1.54) is 6.42 Å². The zero-order chi connectivity index (χ0) is 14.4. The lowest BCUT2D eigenvalue weighted by molar-refractivity contribution is -0.241. The van der Waals surface area contributed by atoms with Crippen molar-refractivity contribution in [1.82, 2.24) is 0 Å². The summed E-state index contributed by atoms with van der Waals surface area (Å²) >= 11 is 3.86. The van der Waals surface area contributed by atoms with Gasteiger partial charge in [0.05, 0.1) is 6.10 Å². The minimum Gasteiger partial charge on any atom is -0.366 e. The normalized spacial score (nSPS) is 54.2. The van der Waals surface area contributed by atoms with E-state index in [0.29, 0.717) is 28.5 Å². The zero-order valence-corrected chi connectivity index (χ0v) is 13.7. The molecule has 9 atom stereocenters. The smallest absolute Gasteiger partial charge is 0.161 e. The highest BCUT2D eigenvalue weighted by Crippen LogP contribution is 2.58. The van der Waals surface area contributed by atoms with Gasteiger partial charge in [0.1, 0.15) is 12.2 Å². The van der Waals surface area contributed by atoms with Gasteiger partial charge in [0, 0.05) is 17.9 Å². The summed E-state index contributed by atoms with van der Waals surface area (Å²) in [7, 11) is 1.73. The van der Waals surface area contributed by atoms with Gasteiger partial charge in [-0.25, -0.2) is 0 Å². The molecular formula is C16H23BrO3. The van der Waals surface area contributed by atoms with Crippen molar-refractivity contribution in [2.75, 3.05) is 7.11 Å². The lowest BCUT2D eigenvalue weighted by atomic mass is 9.78. The molecule has 0 N–H and O–H groups in total. The minimum absolute atomic E-state index is 0.161. The predicted octanol–water partition coefficient (Wildman–Crippen LogP) is 3.15. The summed E-state index contributed by atoms with van der Waals surface area (Å²) in [5, 5.41) is 0. The average Bonchev–Trinajstić information content (AvgIpc) is 2.92. The van der Waals surface area contributed by atoms with E-state index in [2.05, 4.69) is 36.0 Å². The lowest BCUT2D eigenvalue weighted by Gasteiger charge is -2.45. The molecule has 0 aromatic carbocycles. The Labute approximate surface area is 129 Å². The quantitative estimate of drug-likeness (QED) is 0.582. The number of fused-ring (bicyclic) bond motifs is 1. The van der Waals surface area contributed by atoms with Crippen LogP contribution in [-0.2, 0) is 14.2 Å². The molecule has 0 aromatic heterocycles. The Balaban J connectivity index is 1.94. The van der Waals surface area contributed by atoms with Crippen LogP contribution in [-0.4, -0.2) is 36.5 Å². The van der Waals surface area contributed by atoms with Gasteiger partial charge in [-0.05, 0) is 24.2 Å². The first-order valence-corrected chi connectivity index (χ1v) is 8.26. The van der Waals surface area contributed by atoms with Crippen LogP contribution >= 0.6 is 15.9 Å². The molecule has 0 unspecified atom stereocenters. The van der Waals surface area contributed by atoms with Crippen molar-refractivity contribution in [3.05, 3.63) is 25.3 Å². The predicted molar refractivity (Wildman–Crippen MR) is 81.7 cm³/mol. The van der Waals surface area contributed by atoms with Gasteiger partial charge in [-0.3, -0.25) is 0 Å². The highest BCUT2D eigenvalue weighted by atomic mass is 79.9. The Kier molecular flexibility index (Phi) is 4.10. The highest BCUT2D eigenvalue weighted by molar-refractivity contribution is 9.09. The van der Waals surface area contributed by atoms with Crippen molar-refractivity contribution in [2.24, 2.45) is 23.7 Å². The molecule has 1 aliphatic heterocycles. The molecule has 1 saturated heterocycles. The van der Waals surface area contributed by atoms with Gasteiger partial charge in [0.25, 0.3) is 0 Å². The molecule has 1 heterocycles. The van der Waals surface area contributed by atoms with E-state index in [1.807, 2.05) is 6.08 Å². The average molecular weight is 343 g/mol. The molecule has 4 heteroatoms. The molecule has 0 spiro atoms. The van der Waals surface area contributed by atoms with E-state index < -0.39 is 0 Å². The highest BCUT2D eigenvalue weighted by Gasteiger charge is 2.60. The van der Waals surface area contributed by atoms with Crippen LogP contribution in [0, 0.1) is 23.7 Å². The molecule has 0 amide bonds. The molecule has 0 aromatic rings. The molecule has 3 fully saturated rings. The minimum atomic E-state index is -0.204. The van der Waals surface area contributed by atoms with Crippen LogP contribution in [0.1, 0.15) is 13.3 Å². The van der Waals surface area contributed by atoms with Crippen molar-refractivity contribution in [3.63, 3.8) is 0 Å². The first-order chi connectivity index (χ1) is 9.62. The van der Waals surface area contributed by atoms with Crippen molar-refractivity contribution in [3.8, 4) is 0 Å². The van der Waals surface area contributed by atoms with Crippen molar-refractivity contribution in [1.29, 1.82) is 0 Å². The fourth-order valence-electron chi connectivity index (χ4n) is 4.41. The number of rotatable bonds is 3. The Bertz CT molecular complexity index is 399. The Hall–Kier alpha value is -0.160. The third-order valence-corrected chi connectivity index (χ3v) is 6.61. The SMILES string of the molecule is C=C[C@@H]1O[C@H]2[C@H](Br)[C@@H]3C[C@H]2[C@H]([C@H](OC)O[C@@H]1C=C)[C@H]3C. The first-order valence-electron chi connectivity index (χ1n) is 7.35. The van der Waals surface area contributed by atoms with E-state index in [1.54, 1.807) is 13.2 Å². The van der Waals surface area contributed by atoms with Crippen LogP contribution in [0.25, 0.3) is 0 Å². The molecule has 20 heavy (non-hydrogen) atoms. The Morgan fingerprint density at radius 1 is 1.15 bits per heavy atom. The van der Waals surface area contributed by atoms with Crippen LogP contribution in [0.5, 0.6) is 0 Å². The van der Waals surface area contributed by atoms with Crippen LogP contribution in [0.4, 0.5) is 0 Å². The Morgan fingerprint density at radius 3 is 2.35 bits per heavy atom. The van der Waals surface area contributed by atoms with Crippen LogP contribution < -0.4 is 0 Å². The number of ether oxygens (including phenoxy) is 3. The zero-order valence-electron chi connectivity index (χ0n) is 12.1. The standard InChI is InChI=1S/C16H23BrO3/c1-5-11-12(6-2)20-16(18-4)13-8(3)9-7-10(13)15(19-11)14(9)17/h5-6,8-16H,1-2,7H2,3-4H3/t8-,9+,10-,11-,12+,13+,14+,15+,16+/m0/s1. The number of hydrogen-bond donors (Lipinski definition) is 0. The van der Waals surface area contributed by atoms with Crippen molar-refractivity contribution >= 4 is 15.9 Å².